The van der Waals surface area contributed by atoms with Crippen LogP contribution in [0.15, 0.2) is 28.1 Å². The first-order valence-corrected chi connectivity index (χ1v) is 5.13. The van der Waals surface area contributed by atoms with Gasteiger partial charge in [-0.2, -0.15) is 0 Å². The van der Waals surface area contributed by atoms with Crippen molar-refractivity contribution < 1.29 is 45.2 Å². The van der Waals surface area contributed by atoms with Crippen molar-refractivity contribution in [1.29, 1.82) is 0 Å². The van der Waals surface area contributed by atoms with E-state index < -0.39 is 0 Å². The summed E-state index contributed by atoms with van der Waals surface area (Å²) < 4.78 is 1.51. The van der Waals surface area contributed by atoms with Crippen LogP contribution in [0, 0.1) is 0 Å². The molecule has 1 aliphatic carbocycles. The smallest absolute Gasteiger partial charge is 1.00 e. The normalized spacial score (nSPS) is 17.6. The summed E-state index contributed by atoms with van der Waals surface area (Å²) in [7, 11) is 0. The number of allylic oxidation sites excluding steroid dienone is 1. The molecule has 0 heterocycles. The van der Waals surface area contributed by atoms with Crippen molar-refractivity contribution in [3.63, 3.8) is 0 Å². The van der Waals surface area contributed by atoms with E-state index in [0.717, 1.165) is 0 Å². The standard InChI is InChI=1S/C11H11.2ClH.Ti/c1-2-9-7-8-10-5-3-4-6-11(9)10;;;/h3-6,8-9H,2H2,1H3;2*1H;/q;;;+2/p-2. The van der Waals surface area contributed by atoms with Gasteiger partial charge >= 0.3 is 85.0 Å². The average molecular weight is 262 g/mol. The number of hydrogen-bond donors (Lipinski definition) is 0. The summed E-state index contributed by atoms with van der Waals surface area (Å²) in [6.45, 7) is 2.25. The third kappa shape index (κ3) is 2.43. The van der Waals surface area contributed by atoms with Crippen molar-refractivity contribution in [2.75, 3.05) is 0 Å². The second-order valence-corrected chi connectivity index (χ2v) is 4.09. The molecule has 1 atom stereocenters. The second kappa shape index (κ2) is 5.97. The number of fused-ring (bicyclic) bond motifs is 1. The Morgan fingerprint density at radius 2 is 1.86 bits per heavy atom. The van der Waals surface area contributed by atoms with E-state index in [2.05, 4.69) is 57.7 Å². The molecule has 1 unspecified atom stereocenters. The Balaban J connectivity index is 0.000000845. The summed E-state index contributed by atoms with van der Waals surface area (Å²) in [4.78, 5) is 0. The largest absolute Gasteiger partial charge is 1.00 e. The van der Waals surface area contributed by atoms with Crippen molar-refractivity contribution in [3.05, 3.63) is 39.3 Å². The molecule has 0 bridgehead atoms. The van der Waals surface area contributed by atoms with Gasteiger partial charge in [-0.15, -0.1) is 0 Å². The summed E-state index contributed by atoms with van der Waals surface area (Å²) >= 11 is 2.23. The van der Waals surface area contributed by atoms with E-state index in [-0.39, 0.29) is 24.8 Å². The Labute approximate surface area is 109 Å². The Morgan fingerprint density at radius 1 is 1.21 bits per heavy atom. The topological polar surface area (TPSA) is 0 Å². The molecule has 0 spiro atoms. The van der Waals surface area contributed by atoms with Crippen molar-refractivity contribution in [2.45, 2.75) is 19.3 Å². The maximum absolute atomic E-state index is 2.31. The molecule has 1 aromatic carbocycles. The minimum Gasteiger partial charge on any atom is -1.00 e. The number of rotatable bonds is 1. The summed E-state index contributed by atoms with van der Waals surface area (Å²) in [6.07, 6.45) is 3.53. The van der Waals surface area contributed by atoms with Gasteiger partial charge in [-0.25, -0.2) is 0 Å². The van der Waals surface area contributed by atoms with Crippen LogP contribution in [0.2, 0.25) is 0 Å². The molecule has 3 heteroatoms. The van der Waals surface area contributed by atoms with Crippen LogP contribution in [-0.4, -0.2) is 0 Å². The Hall–Kier alpha value is 0.254. The molecule has 0 saturated carbocycles. The minimum atomic E-state index is 0. The maximum Gasteiger partial charge on any atom is -1.00 e. The number of benzene rings is 1. The Morgan fingerprint density at radius 3 is 2.50 bits per heavy atom. The zero-order valence-electron chi connectivity index (χ0n) is 7.93. The van der Waals surface area contributed by atoms with Gasteiger partial charge in [-0.1, -0.05) is 0 Å². The van der Waals surface area contributed by atoms with Crippen LogP contribution >= 0.6 is 0 Å². The minimum absolute atomic E-state index is 0. The molecule has 2 rings (SSSR count). The van der Waals surface area contributed by atoms with Gasteiger partial charge in [0.05, 0.1) is 0 Å². The summed E-state index contributed by atoms with van der Waals surface area (Å²) in [6, 6.07) is 8.69. The molecule has 14 heavy (non-hydrogen) atoms. The van der Waals surface area contributed by atoms with E-state index in [1.807, 2.05) is 0 Å². The van der Waals surface area contributed by atoms with Crippen molar-refractivity contribution in [3.8, 4) is 0 Å². The van der Waals surface area contributed by atoms with Crippen LogP contribution in [0.3, 0.4) is 0 Å². The summed E-state index contributed by atoms with van der Waals surface area (Å²) in [5.74, 6) is 0.682. The first-order chi connectivity index (χ1) is 5.83. The van der Waals surface area contributed by atoms with Gasteiger partial charge in [0.15, 0.2) is 0 Å². The molecular weight excluding hydrogens is 251 g/mol. The maximum atomic E-state index is 2.31. The van der Waals surface area contributed by atoms with E-state index in [1.54, 1.807) is 0 Å². The van der Waals surface area contributed by atoms with E-state index in [0.29, 0.717) is 5.92 Å². The van der Waals surface area contributed by atoms with E-state index >= 15 is 0 Å². The van der Waals surface area contributed by atoms with Crippen molar-refractivity contribution in [1.82, 2.24) is 0 Å². The molecule has 0 saturated heterocycles. The molecule has 0 nitrogen and oxygen atoms in total. The Bertz CT molecular complexity index is 334. The molecule has 73 valence electrons. The fourth-order valence-corrected chi connectivity index (χ4v) is 2.64. The molecule has 0 fully saturated rings. The predicted octanol–water partition coefficient (Wildman–Crippen LogP) is -2.91. The van der Waals surface area contributed by atoms with Gasteiger partial charge in [0.1, 0.15) is 0 Å². The van der Waals surface area contributed by atoms with E-state index in [4.69, 9.17) is 0 Å². The third-order valence-electron chi connectivity index (χ3n) is 2.47. The average Bonchev–Trinajstić information content (AvgIpc) is 2.40. The zero-order valence-corrected chi connectivity index (χ0v) is 11.0. The fraction of sp³-hybridized carbons (Fsp3) is 0.273. The van der Waals surface area contributed by atoms with Crippen molar-refractivity contribution in [2.24, 2.45) is 0 Å². The molecular formula is C11H11Cl2Ti. The molecule has 1 aromatic rings. The van der Waals surface area contributed by atoms with Gasteiger partial charge in [0.25, 0.3) is 0 Å². The summed E-state index contributed by atoms with van der Waals surface area (Å²) in [5.41, 5.74) is 2.93. The molecule has 0 radical (unpaired) electrons. The van der Waals surface area contributed by atoms with Crippen LogP contribution in [0.25, 0.3) is 6.08 Å². The van der Waals surface area contributed by atoms with Gasteiger partial charge in [0.2, 0.25) is 0 Å². The molecule has 0 N–H and O–H groups in total. The van der Waals surface area contributed by atoms with Crippen LogP contribution in [0.5, 0.6) is 0 Å². The van der Waals surface area contributed by atoms with Gasteiger partial charge in [-0.05, 0) is 0 Å². The number of hydrogen-bond acceptors (Lipinski definition) is 0. The fourth-order valence-electron chi connectivity index (χ4n) is 1.84. The summed E-state index contributed by atoms with van der Waals surface area (Å²) in [5, 5.41) is 0. The third-order valence-corrected chi connectivity index (χ3v) is 3.24. The van der Waals surface area contributed by atoms with E-state index in [1.165, 1.54) is 21.4 Å². The molecule has 0 amide bonds. The van der Waals surface area contributed by atoms with Crippen LogP contribution in [-0.2, 0) is 20.4 Å². The van der Waals surface area contributed by atoms with Gasteiger partial charge in [0, 0.05) is 0 Å². The van der Waals surface area contributed by atoms with Crippen LogP contribution in [0.4, 0.5) is 0 Å². The van der Waals surface area contributed by atoms with Crippen LogP contribution < -0.4 is 24.8 Å². The SMILES string of the molecule is CCC1[C]([Ti+2])=Cc2ccccc21.[Cl-].[Cl-]. The Kier molecular flexibility index (Phi) is 6.08. The predicted molar refractivity (Wildman–Crippen MR) is 47.5 cm³/mol. The van der Waals surface area contributed by atoms with Gasteiger partial charge < -0.3 is 24.8 Å². The molecule has 1 aliphatic rings. The molecule has 0 aromatic heterocycles. The van der Waals surface area contributed by atoms with Crippen molar-refractivity contribution >= 4 is 6.08 Å². The van der Waals surface area contributed by atoms with E-state index in [9.17, 15) is 0 Å². The number of halogens is 2. The monoisotopic (exact) mass is 261 g/mol. The zero-order chi connectivity index (χ0) is 8.55. The quantitative estimate of drug-likeness (QED) is 0.476. The van der Waals surface area contributed by atoms with Crippen LogP contribution in [0.1, 0.15) is 30.4 Å². The van der Waals surface area contributed by atoms with Gasteiger partial charge in [-0.3, -0.25) is 0 Å². The molecule has 0 aliphatic heterocycles. The second-order valence-electron chi connectivity index (χ2n) is 3.19. The first-order valence-electron chi connectivity index (χ1n) is 4.35. The first kappa shape index (κ1) is 14.3.